The summed E-state index contributed by atoms with van der Waals surface area (Å²) in [7, 11) is 0. The maximum absolute atomic E-state index is 12.8. The first-order chi connectivity index (χ1) is 10.1. The molecular weight excluding hydrogens is 300 g/mol. The van der Waals surface area contributed by atoms with Gasteiger partial charge in [0.2, 0.25) is 5.91 Å². The molecule has 2 atom stereocenters. The molecule has 3 rings (SSSR count). The number of benzene rings is 1. The Morgan fingerprint density at radius 2 is 2.24 bits per heavy atom. The molecule has 0 radical (unpaired) electrons. The monoisotopic (exact) mass is 318 g/mol. The second kappa shape index (κ2) is 5.81. The quantitative estimate of drug-likeness (QED) is 0.805. The van der Waals surface area contributed by atoms with Crippen LogP contribution in [0.15, 0.2) is 34.0 Å². The van der Waals surface area contributed by atoms with Crippen molar-refractivity contribution in [3.05, 3.63) is 40.9 Å². The summed E-state index contributed by atoms with van der Waals surface area (Å²) in [5.41, 5.74) is 3.35. The molecule has 0 fully saturated rings. The van der Waals surface area contributed by atoms with Crippen molar-refractivity contribution in [2.45, 2.75) is 42.8 Å². The highest BCUT2D eigenvalue weighted by atomic mass is 32.2. The third-order valence-corrected chi connectivity index (χ3v) is 5.85. The zero-order valence-electron chi connectivity index (χ0n) is 12.4. The Hall–Kier alpha value is -1.33. The maximum Gasteiger partial charge on any atom is 0.240 e. The fourth-order valence-electron chi connectivity index (χ4n) is 2.69. The van der Waals surface area contributed by atoms with Gasteiger partial charge in [-0.05, 0) is 38.8 Å². The number of anilines is 1. The zero-order valence-corrected chi connectivity index (χ0v) is 14.0. The van der Waals surface area contributed by atoms with Gasteiger partial charge in [-0.1, -0.05) is 30.0 Å². The van der Waals surface area contributed by atoms with E-state index in [2.05, 4.69) is 18.0 Å². The molecule has 1 aromatic heterocycles. The maximum atomic E-state index is 12.8. The Bertz CT molecular complexity index is 668. The topological polar surface area (TPSA) is 33.2 Å². The Labute approximate surface area is 133 Å². The Morgan fingerprint density at radius 3 is 2.95 bits per heavy atom. The molecule has 1 aliphatic rings. The van der Waals surface area contributed by atoms with E-state index in [1.165, 1.54) is 5.56 Å². The summed E-state index contributed by atoms with van der Waals surface area (Å²) in [6.07, 6.45) is 0.940. The number of nitrogens with zero attached hydrogens (tertiary/aromatic N) is 2. The van der Waals surface area contributed by atoms with Crippen LogP contribution in [-0.2, 0) is 11.2 Å². The van der Waals surface area contributed by atoms with Crippen LogP contribution in [-0.4, -0.2) is 22.2 Å². The summed E-state index contributed by atoms with van der Waals surface area (Å²) in [5.74, 6) is 0.172. The number of amides is 1. The number of rotatable bonds is 3. The summed E-state index contributed by atoms with van der Waals surface area (Å²) in [5, 5.41) is 1.90. The van der Waals surface area contributed by atoms with Crippen molar-refractivity contribution in [2.75, 3.05) is 4.90 Å². The van der Waals surface area contributed by atoms with Crippen LogP contribution in [0.4, 0.5) is 5.69 Å². The standard InChI is InChI=1S/C16H18N2OS2/c1-10-9-20-16(17-10)21-12(3)15(19)18-11(2)8-13-6-4-5-7-14(13)18/h4-7,9,11-12H,8H2,1-3H3/t11-,12+/m0/s1. The second-order valence-electron chi connectivity index (χ2n) is 5.40. The molecule has 2 aromatic rings. The molecule has 0 spiro atoms. The minimum atomic E-state index is -0.121. The smallest absolute Gasteiger partial charge is 0.240 e. The van der Waals surface area contributed by atoms with Gasteiger partial charge in [-0.15, -0.1) is 11.3 Å². The molecule has 0 unspecified atom stereocenters. The normalized spacial score (nSPS) is 18.6. The highest BCUT2D eigenvalue weighted by Crippen LogP contribution is 2.35. The fourth-order valence-corrected chi connectivity index (χ4v) is 4.72. The molecule has 0 saturated heterocycles. The van der Waals surface area contributed by atoms with Crippen LogP contribution in [0.1, 0.15) is 25.1 Å². The van der Waals surface area contributed by atoms with Gasteiger partial charge >= 0.3 is 0 Å². The lowest BCUT2D eigenvalue weighted by molar-refractivity contribution is -0.118. The number of thioether (sulfide) groups is 1. The highest BCUT2D eigenvalue weighted by Gasteiger charge is 2.33. The van der Waals surface area contributed by atoms with Gasteiger partial charge in [0.25, 0.3) is 0 Å². The molecule has 3 nitrogen and oxygen atoms in total. The van der Waals surface area contributed by atoms with Gasteiger partial charge in [-0.25, -0.2) is 4.98 Å². The van der Waals surface area contributed by atoms with Gasteiger partial charge < -0.3 is 4.90 Å². The van der Waals surface area contributed by atoms with Crippen LogP contribution in [0, 0.1) is 6.92 Å². The molecule has 1 amide bonds. The average molecular weight is 318 g/mol. The Morgan fingerprint density at radius 1 is 1.48 bits per heavy atom. The van der Waals surface area contributed by atoms with Crippen molar-refractivity contribution >= 4 is 34.7 Å². The Balaban J connectivity index is 1.78. The molecule has 1 aromatic carbocycles. The first-order valence-electron chi connectivity index (χ1n) is 7.06. The highest BCUT2D eigenvalue weighted by molar-refractivity contribution is 8.02. The molecule has 5 heteroatoms. The molecule has 21 heavy (non-hydrogen) atoms. The van der Waals surface area contributed by atoms with Crippen molar-refractivity contribution in [1.29, 1.82) is 0 Å². The van der Waals surface area contributed by atoms with Gasteiger partial charge in [0.15, 0.2) is 4.34 Å². The van der Waals surface area contributed by atoms with Crippen LogP contribution in [0.2, 0.25) is 0 Å². The number of hydrogen-bond acceptors (Lipinski definition) is 4. The van der Waals surface area contributed by atoms with Crippen LogP contribution in [0.3, 0.4) is 0 Å². The SMILES string of the molecule is Cc1csc(S[C@H](C)C(=O)N2c3ccccc3C[C@@H]2C)n1. The van der Waals surface area contributed by atoms with E-state index in [9.17, 15) is 4.79 Å². The number of aromatic nitrogens is 1. The van der Waals surface area contributed by atoms with Gasteiger partial charge in [0.1, 0.15) is 0 Å². The van der Waals surface area contributed by atoms with E-state index in [1.54, 1.807) is 23.1 Å². The molecule has 0 saturated carbocycles. The van der Waals surface area contributed by atoms with Crippen LogP contribution in [0.5, 0.6) is 0 Å². The van der Waals surface area contributed by atoms with Gasteiger partial charge in [0.05, 0.1) is 5.25 Å². The number of thiazole rings is 1. The van der Waals surface area contributed by atoms with Gasteiger partial charge in [0, 0.05) is 22.8 Å². The predicted molar refractivity (Wildman–Crippen MR) is 89.3 cm³/mol. The van der Waals surface area contributed by atoms with E-state index >= 15 is 0 Å². The summed E-state index contributed by atoms with van der Waals surface area (Å²) >= 11 is 3.16. The van der Waals surface area contributed by atoms with E-state index in [1.807, 2.05) is 42.3 Å². The largest absolute Gasteiger partial charge is 0.308 e. The van der Waals surface area contributed by atoms with Crippen LogP contribution < -0.4 is 4.90 Å². The molecule has 0 bridgehead atoms. The van der Waals surface area contributed by atoms with E-state index in [4.69, 9.17) is 0 Å². The van der Waals surface area contributed by atoms with Crippen molar-refractivity contribution in [1.82, 2.24) is 4.98 Å². The average Bonchev–Trinajstić information content (AvgIpc) is 3.00. The number of carbonyl (C=O) groups excluding carboxylic acids is 1. The van der Waals surface area contributed by atoms with E-state index in [-0.39, 0.29) is 17.2 Å². The number of carbonyl (C=O) groups is 1. The molecule has 1 aliphatic heterocycles. The fraction of sp³-hybridized carbons (Fsp3) is 0.375. The lowest BCUT2D eigenvalue weighted by atomic mass is 10.1. The molecule has 0 aliphatic carbocycles. The van der Waals surface area contributed by atoms with Crippen molar-refractivity contribution < 1.29 is 4.79 Å². The predicted octanol–water partition coefficient (Wildman–Crippen LogP) is 3.91. The lowest BCUT2D eigenvalue weighted by Gasteiger charge is -2.25. The number of fused-ring (bicyclic) bond motifs is 1. The summed E-state index contributed by atoms with van der Waals surface area (Å²) in [6.45, 7) is 6.06. The van der Waals surface area contributed by atoms with E-state index in [0.29, 0.717) is 0 Å². The third-order valence-electron chi connectivity index (χ3n) is 3.67. The van der Waals surface area contributed by atoms with Crippen molar-refractivity contribution in [3.63, 3.8) is 0 Å². The third kappa shape index (κ3) is 2.85. The first-order valence-corrected chi connectivity index (χ1v) is 8.82. The van der Waals surface area contributed by atoms with E-state index in [0.717, 1.165) is 22.1 Å². The molecule has 0 N–H and O–H groups in total. The van der Waals surface area contributed by atoms with E-state index < -0.39 is 0 Å². The molecular formula is C16H18N2OS2. The number of hydrogen-bond donors (Lipinski definition) is 0. The summed E-state index contributed by atoms with van der Waals surface area (Å²) < 4.78 is 0.966. The van der Waals surface area contributed by atoms with Gasteiger partial charge in [-0.3, -0.25) is 4.79 Å². The molecule has 110 valence electrons. The lowest BCUT2D eigenvalue weighted by Crippen LogP contribution is -2.40. The minimum Gasteiger partial charge on any atom is -0.308 e. The van der Waals surface area contributed by atoms with Crippen molar-refractivity contribution in [3.8, 4) is 0 Å². The Kier molecular flexibility index (Phi) is 4.04. The second-order valence-corrected chi connectivity index (χ2v) is 7.85. The summed E-state index contributed by atoms with van der Waals surface area (Å²) in [6, 6.07) is 8.42. The number of para-hydroxylation sites is 1. The summed E-state index contributed by atoms with van der Waals surface area (Å²) in [4.78, 5) is 19.2. The zero-order chi connectivity index (χ0) is 15.0. The number of aryl methyl sites for hydroxylation is 1. The van der Waals surface area contributed by atoms with Crippen LogP contribution in [0.25, 0.3) is 0 Å². The van der Waals surface area contributed by atoms with Crippen LogP contribution >= 0.6 is 23.1 Å². The van der Waals surface area contributed by atoms with Crippen molar-refractivity contribution in [2.24, 2.45) is 0 Å². The molecule has 2 heterocycles. The minimum absolute atomic E-state index is 0.121. The first kappa shape index (κ1) is 14.6. The van der Waals surface area contributed by atoms with Gasteiger partial charge in [-0.2, -0.15) is 0 Å².